The first-order chi connectivity index (χ1) is 15.1. The summed E-state index contributed by atoms with van der Waals surface area (Å²) in [5.41, 5.74) is 3.26. The second kappa shape index (κ2) is 7.00. The Morgan fingerprint density at radius 1 is 1.16 bits per heavy atom. The van der Waals surface area contributed by atoms with Crippen molar-refractivity contribution < 1.29 is 0 Å². The van der Waals surface area contributed by atoms with Crippen LogP contribution in [0.15, 0.2) is 28.0 Å². The molecular formula is C23H26N6O2. The van der Waals surface area contributed by atoms with Gasteiger partial charge in [0.25, 0.3) is 0 Å². The van der Waals surface area contributed by atoms with Gasteiger partial charge in [0.1, 0.15) is 5.82 Å². The second-order valence-electron chi connectivity index (χ2n) is 9.37. The number of hydrogen-bond acceptors (Lipinski definition) is 6. The molecule has 3 heterocycles. The minimum absolute atomic E-state index is 0.278. The third-order valence-electron chi connectivity index (χ3n) is 7.38. The lowest BCUT2D eigenvalue weighted by atomic mass is 9.92. The van der Waals surface area contributed by atoms with Gasteiger partial charge in [-0.3, -0.25) is 14.0 Å². The highest BCUT2D eigenvalue weighted by atomic mass is 16.2. The van der Waals surface area contributed by atoms with Crippen molar-refractivity contribution in [2.24, 2.45) is 17.8 Å². The maximum atomic E-state index is 12.3. The smallest absolute Gasteiger partial charge is 0.249 e. The van der Waals surface area contributed by atoms with Crippen molar-refractivity contribution in [3.05, 3.63) is 50.3 Å². The van der Waals surface area contributed by atoms with Gasteiger partial charge in [-0.25, -0.2) is 4.98 Å². The average Bonchev–Trinajstić information content (AvgIpc) is 3.17. The number of nitrogens with zero attached hydrogens (tertiary/aromatic N) is 4. The molecule has 0 bridgehead atoms. The Morgan fingerprint density at radius 3 is 2.84 bits per heavy atom. The summed E-state index contributed by atoms with van der Waals surface area (Å²) in [6.07, 6.45) is 9.81. The number of H-pyrrole nitrogens is 1. The Labute approximate surface area is 178 Å². The Morgan fingerprint density at radius 2 is 2.03 bits per heavy atom. The number of fused-ring (bicyclic) bond motifs is 3. The summed E-state index contributed by atoms with van der Waals surface area (Å²) in [5, 5.41) is 12.2. The van der Waals surface area contributed by atoms with Crippen molar-refractivity contribution in [1.82, 2.24) is 24.6 Å². The van der Waals surface area contributed by atoms with Crippen LogP contribution in [0.25, 0.3) is 16.8 Å². The van der Waals surface area contributed by atoms with E-state index in [4.69, 9.17) is 0 Å². The van der Waals surface area contributed by atoms with Crippen LogP contribution >= 0.6 is 0 Å². The van der Waals surface area contributed by atoms with E-state index in [0.29, 0.717) is 29.9 Å². The fraction of sp³-hybridized carbons (Fsp3) is 0.522. The van der Waals surface area contributed by atoms with Gasteiger partial charge in [0, 0.05) is 24.2 Å². The molecule has 4 aromatic rings. The highest BCUT2D eigenvalue weighted by Crippen LogP contribution is 2.45. The SMILES string of the molecule is CC[C@@H]1C[C@H](Cc2c(NCC3CC3)c(=O)c2=O)C[C@@H]1c1nnc2cnc3[nH]ccc3n12. The third-order valence-corrected chi connectivity index (χ3v) is 7.38. The molecule has 3 aromatic heterocycles. The standard InChI is InChI=1S/C23H26N6O2/c1-2-14-7-13(9-16-19(21(31)20(16)30)25-10-12-3-4-12)8-15(14)23-28-27-18-11-26-22-17(29(18)23)5-6-24-22/h5-6,11-15,24-25H,2-4,7-10H2,1H3/t13-,14+,15-/m0/s1. The van der Waals surface area contributed by atoms with Crippen molar-refractivity contribution in [3.8, 4) is 0 Å². The molecule has 2 saturated carbocycles. The van der Waals surface area contributed by atoms with Gasteiger partial charge in [-0.1, -0.05) is 13.3 Å². The fourth-order valence-electron chi connectivity index (χ4n) is 5.49. The Hall–Kier alpha value is -3.03. The number of aromatic nitrogens is 5. The average molecular weight is 419 g/mol. The molecule has 2 fully saturated rings. The highest BCUT2D eigenvalue weighted by Gasteiger charge is 2.38. The molecule has 8 nitrogen and oxygen atoms in total. The molecular weight excluding hydrogens is 392 g/mol. The molecule has 2 aliphatic carbocycles. The first-order valence-electron chi connectivity index (χ1n) is 11.4. The van der Waals surface area contributed by atoms with Crippen molar-refractivity contribution in [2.75, 3.05) is 11.9 Å². The zero-order valence-corrected chi connectivity index (χ0v) is 17.6. The van der Waals surface area contributed by atoms with E-state index in [0.717, 1.165) is 54.0 Å². The van der Waals surface area contributed by atoms with Crippen LogP contribution in [-0.4, -0.2) is 31.1 Å². The summed E-state index contributed by atoms with van der Waals surface area (Å²) < 4.78 is 2.12. The predicted octanol–water partition coefficient (Wildman–Crippen LogP) is 2.79. The van der Waals surface area contributed by atoms with Gasteiger partial charge >= 0.3 is 0 Å². The van der Waals surface area contributed by atoms with Crippen molar-refractivity contribution >= 4 is 22.5 Å². The van der Waals surface area contributed by atoms with E-state index < -0.39 is 0 Å². The zero-order chi connectivity index (χ0) is 21.1. The number of aromatic amines is 1. The monoisotopic (exact) mass is 418 g/mol. The van der Waals surface area contributed by atoms with Crippen LogP contribution in [0.4, 0.5) is 5.69 Å². The Kier molecular flexibility index (Phi) is 4.23. The molecule has 31 heavy (non-hydrogen) atoms. The normalized spacial score (nSPS) is 24.0. The van der Waals surface area contributed by atoms with E-state index in [2.05, 4.69) is 36.8 Å². The van der Waals surface area contributed by atoms with Gasteiger partial charge in [-0.05, 0) is 55.9 Å². The first kappa shape index (κ1) is 18.7. The summed E-state index contributed by atoms with van der Waals surface area (Å²) in [6, 6.07) is 2.01. The largest absolute Gasteiger partial charge is 0.381 e. The lowest BCUT2D eigenvalue weighted by Crippen LogP contribution is -2.39. The zero-order valence-electron chi connectivity index (χ0n) is 17.6. The molecule has 160 valence electrons. The van der Waals surface area contributed by atoms with E-state index >= 15 is 0 Å². The maximum absolute atomic E-state index is 12.3. The molecule has 0 radical (unpaired) electrons. The minimum Gasteiger partial charge on any atom is -0.381 e. The maximum Gasteiger partial charge on any atom is 0.249 e. The van der Waals surface area contributed by atoms with Crippen molar-refractivity contribution in [2.45, 2.75) is 51.4 Å². The number of nitrogens with one attached hydrogen (secondary N) is 2. The number of anilines is 1. The van der Waals surface area contributed by atoms with E-state index in [9.17, 15) is 9.59 Å². The summed E-state index contributed by atoms with van der Waals surface area (Å²) in [7, 11) is 0. The van der Waals surface area contributed by atoms with E-state index in [-0.39, 0.29) is 16.8 Å². The van der Waals surface area contributed by atoms with Gasteiger partial charge < -0.3 is 10.3 Å². The number of rotatable bonds is 7. The van der Waals surface area contributed by atoms with Crippen LogP contribution in [0.5, 0.6) is 0 Å². The summed E-state index contributed by atoms with van der Waals surface area (Å²) in [6.45, 7) is 3.03. The lowest BCUT2D eigenvalue weighted by molar-refractivity contribution is 0.444. The highest BCUT2D eigenvalue weighted by molar-refractivity contribution is 5.74. The summed E-state index contributed by atoms with van der Waals surface area (Å²) in [4.78, 5) is 32.0. The molecule has 2 aliphatic rings. The third kappa shape index (κ3) is 2.99. The van der Waals surface area contributed by atoms with Gasteiger partial charge in [0.2, 0.25) is 10.9 Å². The molecule has 0 saturated heterocycles. The molecule has 8 heteroatoms. The van der Waals surface area contributed by atoms with Crippen LogP contribution in [0, 0.1) is 17.8 Å². The van der Waals surface area contributed by atoms with E-state index in [1.54, 1.807) is 6.20 Å². The molecule has 6 rings (SSSR count). The fourth-order valence-corrected chi connectivity index (χ4v) is 5.49. The van der Waals surface area contributed by atoms with E-state index in [1.807, 2.05) is 12.3 Å². The van der Waals surface area contributed by atoms with Gasteiger partial charge in [0.15, 0.2) is 11.3 Å². The van der Waals surface area contributed by atoms with Crippen LogP contribution in [0.2, 0.25) is 0 Å². The molecule has 0 aliphatic heterocycles. The first-order valence-corrected chi connectivity index (χ1v) is 11.4. The molecule has 2 N–H and O–H groups in total. The summed E-state index contributed by atoms with van der Waals surface area (Å²) >= 11 is 0. The summed E-state index contributed by atoms with van der Waals surface area (Å²) in [5.74, 6) is 2.77. The molecule has 0 unspecified atom stereocenters. The Bertz CT molecular complexity index is 1340. The van der Waals surface area contributed by atoms with Crippen LogP contribution in [0.1, 0.15) is 56.3 Å². The van der Waals surface area contributed by atoms with Crippen LogP contribution < -0.4 is 16.2 Å². The van der Waals surface area contributed by atoms with Crippen molar-refractivity contribution in [3.63, 3.8) is 0 Å². The lowest BCUT2D eigenvalue weighted by Gasteiger charge is -2.16. The quantitative estimate of drug-likeness (QED) is 0.447. The minimum atomic E-state index is -0.331. The molecule has 0 spiro atoms. The predicted molar refractivity (Wildman–Crippen MR) is 118 cm³/mol. The van der Waals surface area contributed by atoms with Gasteiger partial charge in [0.05, 0.1) is 17.4 Å². The molecule has 0 amide bonds. The molecule has 1 aromatic carbocycles. The second-order valence-corrected chi connectivity index (χ2v) is 9.37. The van der Waals surface area contributed by atoms with E-state index in [1.165, 1.54) is 12.8 Å². The van der Waals surface area contributed by atoms with Gasteiger partial charge in [-0.15, -0.1) is 10.2 Å². The Balaban J connectivity index is 1.28. The molecule has 3 atom stereocenters. The number of hydrogen-bond donors (Lipinski definition) is 2. The van der Waals surface area contributed by atoms with Crippen molar-refractivity contribution in [1.29, 1.82) is 0 Å². The topological polar surface area (TPSA) is 105 Å². The van der Waals surface area contributed by atoms with Crippen LogP contribution in [0.3, 0.4) is 0 Å². The van der Waals surface area contributed by atoms with Crippen LogP contribution in [-0.2, 0) is 6.42 Å². The van der Waals surface area contributed by atoms with Gasteiger partial charge in [-0.2, -0.15) is 0 Å².